The third-order valence-corrected chi connectivity index (χ3v) is 3.11. The molecule has 120 valence electrons. The number of Topliss-reactive ketones (excluding diaryl/α,β-unsaturated/α-hetero) is 1. The fourth-order valence-corrected chi connectivity index (χ4v) is 1.87. The highest BCUT2D eigenvalue weighted by Crippen LogP contribution is 2.18. The van der Waals surface area contributed by atoms with Crippen molar-refractivity contribution < 1.29 is 23.1 Å². The van der Waals surface area contributed by atoms with Gasteiger partial charge in [0.1, 0.15) is 5.75 Å². The predicted octanol–water partition coefficient (Wildman–Crippen LogP) is 3.57. The zero-order valence-corrected chi connectivity index (χ0v) is 12.6. The number of ketones is 1. The van der Waals surface area contributed by atoms with Gasteiger partial charge in [-0.25, -0.2) is 8.78 Å². The van der Waals surface area contributed by atoms with E-state index in [4.69, 9.17) is 4.74 Å². The van der Waals surface area contributed by atoms with Gasteiger partial charge in [0.15, 0.2) is 23.5 Å². The summed E-state index contributed by atoms with van der Waals surface area (Å²) < 4.78 is 31.2. The molecule has 0 aliphatic heterocycles. The quantitative estimate of drug-likeness (QED) is 0.857. The topological polar surface area (TPSA) is 55.4 Å². The molecular weight excluding hydrogens is 304 g/mol. The van der Waals surface area contributed by atoms with E-state index in [0.717, 1.165) is 12.1 Å². The highest BCUT2D eigenvalue weighted by Gasteiger charge is 2.16. The molecule has 2 aromatic rings. The van der Waals surface area contributed by atoms with Crippen molar-refractivity contribution >= 4 is 17.4 Å². The average molecular weight is 319 g/mol. The van der Waals surface area contributed by atoms with Crippen LogP contribution in [0.2, 0.25) is 0 Å². The monoisotopic (exact) mass is 319 g/mol. The van der Waals surface area contributed by atoms with Crippen molar-refractivity contribution in [1.82, 2.24) is 0 Å². The molecule has 0 saturated heterocycles. The lowest BCUT2D eigenvalue weighted by Crippen LogP contribution is -2.30. The van der Waals surface area contributed by atoms with Crippen LogP contribution in [-0.4, -0.2) is 17.8 Å². The molecular formula is C17H15F2NO3. The molecule has 0 aliphatic rings. The Hall–Kier alpha value is -2.76. The smallest absolute Gasteiger partial charge is 0.265 e. The van der Waals surface area contributed by atoms with Gasteiger partial charge in [-0.3, -0.25) is 9.59 Å². The molecule has 0 bridgehead atoms. The van der Waals surface area contributed by atoms with Crippen molar-refractivity contribution in [2.24, 2.45) is 0 Å². The summed E-state index contributed by atoms with van der Waals surface area (Å²) in [5, 5.41) is 2.60. The lowest BCUT2D eigenvalue weighted by atomic mass is 10.1. The molecule has 1 atom stereocenters. The molecule has 23 heavy (non-hydrogen) atoms. The van der Waals surface area contributed by atoms with Crippen LogP contribution in [0, 0.1) is 11.6 Å². The maximum absolute atomic E-state index is 13.1. The molecule has 0 spiro atoms. The van der Waals surface area contributed by atoms with Gasteiger partial charge in [0.2, 0.25) is 0 Å². The summed E-state index contributed by atoms with van der Waals surface area (Å²) in [6.45, 7) is 2.90. The van der Waals surface area contributed by atoms with Crippen molar-refractivity contribution in [3.8, 4) is 5.75 Å². The fourth-order valence-electron chi connectivity index (χ4n) is 1.87. The normalized spacial score (nSPS) is 11.7. The molecule has 0 unspecified atom stereocenters. The Bertz CT molecular complexity index is 746. The third kappa shape index (κ3) is 4.35. The van der Waals surface area contributed by atoms with E-state index >= 15 is 0 Å². The Morgan fingerprint density at radius 2 is 1.83 bits per heavy atom. The van der Waals surface area contributed by atoms with E-state index in [0.29, 0.717) is 11.3 Å². The van der Waals surface area contributed by atoms with Gasteiger partial charge in [0.25, 0.3) is 5.91 Å². The number of anilines is 1. The van der Waals surface area contributed by atoms with Crippen LogP contribution in [-0.2, 0) is 4.79 Å². The molecule has 6 heteroatoms. The second-order valence-corrected chi connectivity index (χ2v) is 4.96. The first-order valence-corrected chi connectivity index (χ1v) is 6.90. The molecule has 4 nitrogen and oxygen atoms in total. The number of carbonyl (C=O) groups excluding carboxylic acids is 2. The lowest BCUT2D eigenvalue weighted by Gasteiger charge is -2.15. The van der Waals surface area contributed by atoms with Crippen LogP contribution in [0.5, 0.6) is 5.75 Å². The lowest BCUT2D eigenvalue weighted by molar-refractivity contribution is -0.122. The van der Waals surface area contributed by atoms with Gasteiger partial charge in [-0.05, 0) is 38.1 Å². The van der Waals surface area contributed by atoms with E-state index in [9.17, 15) is 18.4 Å². The largest absolute Gasteiger partial charge is 0.481 e. The Kier molecular flexibility index (Phi) is 5.05. The second kappa shape index (κ2) is 7.00. The van der Waals surface area contributed by atoms with Crippen LogP contribution in [0.4, 0.5) is 14.5 Å². The number of hydrogen-bond donors (Lipinski definition) is 1. The first-order valence-electron chi connectivity index (χ1n) is 6.90. The first kappa shape index (κ1) is 16.6. The molecule has 0 radical (unpaired) electrons. The highest BCUT2D eigenvalue weighted by molar-refractivity contribution is 5.98. The van der Waals surface area contributed by atoms with Gasteiger partial charge >= 0.3 is 0 Å². The Balaban J connectivity index is 2.03. The van der Waals surface area contributed by atoms with E-state index in [2.05, 4.69) is 5.32 Å². The molecule has 1 amide bonds. The summed E-state index contributed by atoms with van der Waals surface area (Å²) in [4.78, 5) is 23.4. The van der Waals surface area contributed by atoms with Crippen LogP contribution in [0.1, 0.15) is 24.2 Å². The number of ether oxygens (including phenoxy) is 1. The summed E-state index contributed by atoms with van der Waals surface area (Å²) in [6, 6.07) is 9.49. The van der Waals surface area contributed by atoms with Crippen molar-refractivity contribution in [1.29, 1.82) is 0 Å². The SMILES string of the molecule is CC(=O)c1cccc(NC(=O)[C@@H](C)Oc2ccc(F)c(F)c2)c1. The fraction of sp³-hybridized carbons (Fsp3) is 0.176. The van der Waals surface area contributed by atoms with E-state index in [1.165, 1.54) is 19.9 Å². The molecule has 0 aromatic heterocycles. The maximum atomic E-state index is 13.1. The third-order valence-electron chi connectivity index (χ3n) is 3.11. The van der Waals surface area contributed by atoms with Crippen LogP contribution >= 0.6 is 0 Å². The van der Waals surface area contributed by atoms with Crippen LogP contribution in [0.3, 0.4) is 0 Å². The number of hydrogen-bond acceptors (Lipinski definition) is 3. The van der Waals surface area contributed by atoms with Crippen molar-refractivity contribution in [3.05, 3.63) is 59.7 Å². The predicted molar refractivity (Wildman–Crippen MR) is 81.5 cm³/mol. The number of amides is 1. The first-order chi connectivity index (χ1) is 10.9. The van der Waals surface area contributed by atoms with Crippen LogP contribution in [0.15, 0.2) is 42.5 Å². The number of nitrogens with one attached hydrogen (secondary N) is 1. The van der Waals surface area contributed by atoms with Gasteiger partial charge in [-0.1, -0.05) is 12.1 Å². The molecule has 1 N–H and O–H groups in total. The van der Waals surface area contributed by atoms with Crippen LogP contribution < -0.4 is 10.1 Å². The summed E-state index contributed by atoms with van der Waals surface area (Å²) in [6.07, 6.45) is -0.930. The molecule has 0 heterocycles. The minimum atomic E-state index is -1.05. The summed E-state index contributed by atoms with van der Waals surface area (Å²) in [5.41, 5.74) is 0.917. The van der Waals surface area contributed by atoms with Gasteiger partial charge in [0.05, 0.1) is 0 Å². The van der Waals surface area contributed by atoms with Gasteiger partial charge in [-0.2, -0.15) is 0 Å². The number of benzene rings is 2. The molecule has 0 aliphatic carbocycles. The zero-order chi connectivity index (χ0) is 17.0. The Morgan fingerprint density at radius 1 is 1.09 bits per heavy atom. The van der Waals surface area contributed by atoms with Gasteiger partial charge in [-0.15, -0.1) is 0 Å². The molecule has 2 rings (SSSR count). The maximum Gasteiger partial charge on any atom is 0.265 e. The Morgan fingerprint density at radius 3 is 2.48 bits per heavy atom. The van der Waals surface area contributed by atoms with E-state index in [1.54, 1.807) is 24.3 Å². The minimum Gasteiger partial charge on any atom is -0.481 e. The standard InChI is InChI=1S/C17H15F2NO3/c1-10(21)12-4-3-5-13(8-12)20-17(22)11(2)23-14-6-7-15(18)16(19)9-14/h3-9,11H,1-2H3,(H,20,22)/t11-/m1/s1. The van der Waals surface area contributed by atoms with Crippen molar-refractivity contribution in [2.75, 3.05) is 5.32 Å². The minimum absolute atomic E-state index is 0.0454. The van der Waals surface area contributed by atoms with Gasteiger partial charge < -0.3 is 10.1 Å². The second-order valence-electron chi connectivity index (χ2n) is 4.96. The van der Waals surface area contributed by atoms with Crippen molar-refractivity contribution in [3.63, 3.8) is 0 Å². The van der Waals surface area contributed by atoms with E-state index in [-0.39, 0.29) is 11.5 Å². The molecule has 0 fully saturated rings. The molecule has 0 saturated carbocycles. The summed E-state index contributed by atoms with van der Waals surface area (Å²) in [5.74, 6) is -2.59. The average Bonchev–Trinajstić information content (AvgIpc) is 2.51. The highest BCUT2D eigenvalue weighted by atomic mass is 19.2. The summed E-state index contributed by atoms with van der Waals surface area (Å²) in [7, 11) is 0. The van der Waals surface area contributed by atoms with E-state index in [1.807, 2.05) is 0 Å². The Labute approximate surface area is 132 Å². The molecule has 2 aromatic carbocycles. The number of rotatable bonds is 5. The van der Waals surface area contributed by atoms with Gasteiger partial charge in [0, 0.05) is 17.3 Å². The van der Waals surface area contributed by atoms with Crippen molar-refractivity contribution in [2.45, 2.75) is 20.0 Å². The zero-order valence-electron chi connectivity index (χ0n) is 12.6. The van der Waals surface area contributed by atoms with Crippen LogP contribution in [0.25, 0.3) is 0 Å². The summed E-state index contributed by atoms with van der Waals surface area (Å²) >= 11 is 0. The van der Waals surface area contributed by atoms with E-state index < -0.39 is 23.6 Å². The number of halogens is 2. The number of carbonyl (C=O) groups is 2.